The van der Waals surface area contributed by atoms with Gasteiger partial charge >= 0.3 is 0 Å². The lowest BCUT2D eigenvalue weighted by Gasteiger charge is -2.16. The molecule has 1 aliphatic rings. The molecule has 1 atom stereocenters. The molecule has 1 aliphatic heterocycles. The predicted molar refractivity (Wildman–Crippen MR) is 68.4 cm³/mol. The third kappa shape index (κ3) is 2.63. The third-order valence-corrected chi connectivity index (χ3v) is 3.68. The molecule has 2 nitrogen and oxygen atoms in total. The number of likely N-dealkylation sites (tertiary alicyclic amines) is 1. The Labute approximate surface area is 98.4 Å². The summed E-state index contributed by atoms with van der Waals surface area (Å²) in [6.45, 7) is 8.64. The Kier molecular flexibility index (Phi) is 3.62. The highest BCUT2D eigenvalue weighted by Gasteiger charge is 2.20. The fourth-order valence-corrected chi connectivity index (χ4v) is 2.41. The van der Waals surface area contributed by atoms with Crippen LogP contribution in [0.4, 0.5) is 0 Å². The van der Waals surface area contributed by atoms with Gasteiger partial charge in [0.2, 0.25) is 0 Å². The monoisotopic (exact) mass is 218 g/mol. The SMILES string of the molecule is Cc1ccc(CN2CCC(CN)C2)cc1C. The molecule has 16 heavy (non-hydrogen) atoms. The van der Waals surface area contributed by atoms with Gasteiger partial charge in [-0.1, -0.05) is 18.2 Å². The van der Waals surface area contributed by atoms with Crippen molar-refractivity contribution in [2.45, 2.75) is 26.8 Å². The molecule has 0 spiro atoms. The Hall–Kier alpha value is -0.860. The van der Waals surface area contributed by atoms with E-state index < -0.39 is 0 Å². The van der Waals surface area contributed by atoms with Gasteiger partial charge in [-0.3, -0.25) is 4.90 Å². The smallest absolute Gasteiger partial charge is 0.0233 e. The van der Waals surface area contributed by atoms with E-state index in [9.17, 15) is 0 Å². The molecule has 1 aromatic carbocycles. The Morgan fingerprint density at radius 1 is 1.31 bits per heavy atom. The van der Waals surface area contributed by atoms with Gasteiger partial charge in [-0.2, -0.15) is 0 Å². The first-order valence-electron chi connectivity index (χ1n) is 6.17. The molecular weight excluding hydrogens is 196 g/mol. The molecule has 0 bridgehead atoms. The maximum Gasteiger partial charge on any atom is 0.0233 e. The second kappa shape index (κ2) is 4.98. The van der Waals surface area contributed by atoms with Crippen LogP contribution in [0.3, 0.4) is 0 Å². The van der Waals surface area contributed by atoms with Crippen molar-refractivity contribution in [3.63, 3.8) is 0 Å². The summed E-state index contributed by atoms with van der Waals surface area (Å²) in [7, 11) is 0. The molecule has 0 aromatic heterocycles. The summed E-state index contributed by atoms with van der Waals surface area (Å²) in [6.07, 6.45) is 1.27. The Balaban J connectivity index is 1.97. The molecule has 1 saturated heterocycles. The van der Waals surface area contributed by atoms with E-state index in [1.807, 2.05) is 0 Å². The standard InChI is InChI=1S/C14H22N2/c1-11-3-4-13(7-12(11)2)9-16-6-5-14(8-15)10-16/h3-4,7,14H,5-6,8-10,15H2,1-2H3. The Morgan fingerprint density at radius 3 is 2.75 bits per heavy atom. The molecule has 1 heterocycles. The number of nitrogens with two attached hydrogens (primary N) is 1. The number of rotatable bonds is 3. The predicted octanol–water partition coefficient (Wildman–Crippen LogP) is 2.08. The number of hydrogen-bond acceptors (Lipinski definition) is 2. The Bertz CT molecular complexity index is 360. The lowest BCUT2D eigenvalue weighted by Crippen LogP contribution is -2.22. The summed E-state index contributed by atoms with van der Waals surface area (Å²) in [5.41, 5.74) is 9.91. The first kappa shape index (κ1) is 11.6. The number of benzene rings is 1. The number of nitrogens with zero attached hydrogens (tertiary/aromatic N) is 1. The maximum absolute atomic E-state index is 5.71. The van der Waals surface area contributed by atoms with Gasteiger partial charge < -0.3 is 5.73 Å². The average Bonchev–Trinajstić information content (AvgIpc) is 2.71. The van der Waals surface area contributed by atoms with Gasteiger partial charge in [0.1, 0.15) is 0 Å². The molecule has 0 radical (unpaired) electrons. The molecule has 88 valence electrons. The van der Waals surface area contributed by atoms with E-state index >= 15 is 0 Å². The lowest BCUT2D eigenvalue weighted by atomic mass is 10.1. The van der Waals surface area contributed by atoms with E-state index in [1.165, 1.54) is 36.2 Å². The summed E-state index contributed by atoms with van der Waals surface area (Å²) in [4.78, 5) is 2.52. The highest BCUT2D eigenvalue weighted by Crippen LogP contribution is 2.18. The minimum absolute atomic E-state index is 0.714. The van der Waals surface area contributed by atoms with Crippen molar-refractivity contribution in [2.75, 3.05) is 19.6 Å². The fraction of sp³-hybridized carbons (Fsp3) is 0.571. The quantitative estimate of drug-likeness (QED) is 0.841. The topological polar surface area (TPSA) is 29.3 Å². The van der Waals surface area contributed by atoms with Gasteiger partial charge in [0.05, 0.1) is 0 Å². The first-order chi connectivity index (χ1) is 7.69. The van der Waals surface area contributed by atoms with Crippen LogP contribution >= 0.6 is 0 Å². The van der Waals surface area contributed by atoms with Crippen LogP contribution in [-0.4, -0.2) is 24.5 Å². The largest absolute Gasteiger partial charge is 0.330 e. The minimum Gasteiger partial charge on any atom is -0.330 e. The summed E-state index contributed by atoms with van der Waals surface area (Å²) >= 11 is 0. The van der Waals surface area contributed by atoms with Gasteiger partial charge in [-0.25, -0.2) is 0 Å². The summed E-state index contributed by atoms with van der Waals surface area (Å²) < 4.78 is 0. The van der Waals surface area contributed by atoms with E-state index in [-0.39, 0.29) is 0 Å². The van der Waals surface area contributed by atoms with Gasteiger partial charge in [0.25, 0.3) is 0 Å². The molecule has 1 aromatic rings. The number of hydrogen-bond donors (Lipinski definition) is 1. The molecule has 2 rings (SSSR count). The van der Waals surface area contributed by atoms with Crippen molar-refractivity contribution < 1.29 is 0 Å². The van der Waals surface area contributed by atoms with Crippen LogP contribution in [0.5, 0.6) is 0 Å². The lowest BCUT2D eigenvalue weighted by molar-refractivity contribution is 0.318. The third-order valence-electron chi connectivity index (χ3n) is 3.68. The average molecular weight is 218 g/mol. The Morgan fingerprint density at radius 2 is 2.12 bits per heavy atom. The zero-order chi connectivity index (χ0) is 11.5. The van der Waals surface area contributed by atoms with E-state index in [0.717, 1.165) is 13.1 Å². The minimum atomic E-state index is 0.714. The van der Waals surface area contributed by atoms with Crippen molar-refractivity contribution in [2.24, 2.45) is 11.7 Å². The van der Waals surface area contributed by atoms with Crippen LogP contribution < -0.4 is 5.73 Å². The van der Waals surface area contributed by atoms with Crippen LogP contribution in [0.1, 0.15) is 23.1 Å². The van der Waals surface area contributed by atoms with Crippen LogP contribution in [0.25, 0.3) is 0 Å². The van der Waals surface area contributed by atoms with Gasteiger partial charge in [-0.05, 0) is 56.0 Å². The van der Waals surface area contributed by atoms with Gasteiger partial charge in [0, 0.05) is 13.1 Å². The summed E-state index contributed by atoms with van der Waals surface area (Å²) in [6, 6.07) is 6.78. The van der Waals surface area contributed by atoms with Crippen molar-refractivity contribution in [1.29, 1.82) is 0 Å². The molecule has 2 heteroatoms. The molecular formula is C14H22N2. The molecule has 2 N–H and O–H groups in total. The van der Waals surface area contributed by atoms with E-state index in [0.29, 0.717) is 5.92 Å². The first-order valence-corrected chi connectivity index (χ1v) is 6.17. The van der Waals surface area contributed by atoms with Crippen molar-refractivity contribution in [3.8, 4) is 0 Å². The molecule has 0 aliphatic carbocycles. The summed E-state index contributed by atoms with van der Waals surface area (Å²) in [5.74, 6) is 0.714. The van der Waals surface area contributed by atoms with Crippen molar-refractivity contribution >= 4 is 0 Å². The van der Waals surface area contributed by atoms with E-state index in [1.54, 1.807) is 0 Å². The van der Waals surface area contributed by atoms with E-state index in [4.69, 9.17) is 5.73 Å². The van der Waals surface area contributed by atoms with E-state index in [2.05, 4.69) is 36.9 Å². The summed E-state index contributed by atoms with van der Waals surface area (Å²) in [5, 5.41) is 0. The molecule has 0 amide bonds. The zero-order valence-electron chi connectivity index (χ0n) is 10.4. The van der Waals surface area contributed by atoms with Crippen molar-refractivity contribution in [1.82, 2.24) is 4.90 Å². The molecule has 1 unspecified atom stereocenters. The van der Waals surface area contributed by atoms with Crippen LogP contribution in [0, 0.1) is 19.8 Å². The second-order valence-corrected chi connectivity index (χ2v) is 5.04. The molecule has 0 saturated carbocycles. The van der Waals surface area contributed by atoms with Gasteiger partial charge in [-0.15, -0.1) is 0 Å². The van der Waals surface area contributed by atoms with Crippen LogP contribution in [0.2, 0.25) is 0 Å². The normalized spacial score (nSPS) is 21.6. The molecule has 1 fully saturated rings. The highest BCUT2D eigenvalue weighted by atomic mass is 15.1. The maximum atomic E-state index is 5.71. The van der Waals surface area contributed by atoms with Crippen LogP contribution in [-0.2, 0) is 6.54 Å². The number of aryl methyl sites for hydroxylation is 2. The highest BCUT2D eigenvalue weighted by molar-refractivity contribution is 5.29. The zero-order valence-corrected chi connectivity index (χ0v) is 10.4. The van der Waals surface area contributed by atoms with Gasteiger partial charge in [0.15, 0.2) is 0 Å². The second-order valence-electron chi connectivity index (χ2n) is 5.04. The fourth-order valence-electron chi connectivity index (χ4n) is 2.41. The van der Waals surface area contributed by atoms with Crippen molar-refractivity contribution in [3.05, 3.63) is 34.9 Å². The van der Waals surface area contributed by atoms with Crippen LogP contribution in [0.15, 0.2) is 18.2 Å².